The molecule has 1 N–H and O–H groups in total. The maximum absolute atomic E-state index is 12.0. The van der Waals surface area contributed by atoms with Gasteiger partial charge in [-0.1, -0.05) is 30.3 Å². The molecule has 0 saturated carbocycles. The third kappa shape index (κ3) is 2.29. The average Bonchev–Trinajstić information content (AvgIpc) is 2.84. The minimum atomic E-state index is -0.0858. The Bertz CT molecular complexity index is 764. The zero-order valence-electron chi connectivity index (χ0n) is 10.0. The van der Waals surface area contributed by atoms with Gasteiger partial charge in [-0.2, -0.15) is 0 Å². The van der Waals surface area contributed by atoms with Gasteiger partial charge >= 0.3 is 0 Å². The number of benzene rings is 1. The van der Waals surface area contributed by atoms with E-state index in [0.29, 0.717) is 22.8 Å². The van der Waals surface area contributed by atoms with E-state index in [4.69, 9.17) is 11.6 Å². The van der Waals surface area contributed by atoms with Crippen LogP contribution in [0.3, 0.4) is 0 Å². The molecule has 19 heavy (non-hydrogen) atoms. The Morgan fingerprint density at radius 3 is 2.79 bits per heavy atom. The Hall–Kier alpha value is -1.65. The van der Waals surface area contributed by atoms with Crippen LogP contribution in [-0.2, 0) is 6.42 Å². The number of nitrogens with zero attached hydrogens (tertiary/aromatic N) is 1. The van der Waals surface area contributed by atoms with E-state index in [9.17, 15) is 4.79 Å². The summed E-state index contributed by atoms with van der Waals surface area (Å²) in [5, 5.41) is 1.98. The topological polar surface area (TPSA) is 45.8 Å². The normalized spacial score (nSPS) is 11.0. The number of aromatic amines is 1. The van der Waals surface area contributed by atoms with E-state index in [1.54, 1.807) is 0 Å². The van der Waals surface area contributed by atoms with Crippen molar-refractivity contribution in [2.24, 2.45) is 0 Å². The fraction of sp³-hybridized carbons (Fsp3) is 0.143. The Labute approximate surface area is 118 Å². The van der Waals surface area contributed by atoms with Gasteiger partial charge in [0.15, 0.2) is 0 Å². The van der Waals surface area contributed by atoms with Crippen molar-refractivity contribution in [3.8, 4) is 11.1 Å². The summed E-state index contributed by atoms with van der Waals surface area (Å²) in [5.41, 5.74) is 2.75. The lowest BCUT2D eigenvalue weighted by atomic mass is 10.1. The van der Waals surface area contributed by atoms with Crippen molar-refractivity contribution in [3.05, 3.63) is 51.9 Å². The van der Waals surface area contributed by atoms with Gasteiger partial charge in [0.25, 0.3) is 5.56 Å². The first kappa shape index (κ1) is 12.4. The molecular weight excluding hydrogens is 280 g/mol. The zero-order valence-corrected chi connectivity index (χ0v) is 11.6. The molecule has 3 aromatic rings. The summed E-state index contributed by atoms with van der Waals surface area (Å²) in [6.45, 7) is 0. The summed E-state index contributed by atoms with van der Waals surface area (Å²) in [7, 11) is 0. The predicted molar refractivity (Wildman–Crippen MR) is 80.1 cm³/mol. The molecule has 5 heteroatoms. The van der Waals surface area contributed by atoms with E-state index in [1.165, 1.54) is 11.3 Å². The van der Waals surface area contributed by atoms with Crippen LogP contribution in [0.15, 0.2) is 40.5 Å². The van der Waals surface area contributed by atoms with Gasteiger partial charge in [-0.05, 0) is 5.56 Å². The number of aromatic nitrogens is 2. The van der Waals surface area contributed by atoms with E-state index in [2.05, 4.69) is 9.97 Å². The number of hydrogen-bond acceptors (Lipinski definition) is 3. The van der Waals surface area contributed by atoms with Gasteiger partial charge < -0.3 is 4.98 Å². The number of fused-ring (bicyclic) bond motifs is 1. The summed E-state index contributed by atoms with van der Waals surface area (Å²) < 4.78 is 0.664. The van der Waals surface area contributed by atoms with Crippen LogP contribution in [0.4, 0.5) is 0 Å². The van der Waals surface area contributed by atoms with Gasteiger partial charge in [-0.25, -0.2) is 4.98 Å². The van der Waals surface area contributed by atoms with Crippen molar-refractivity contribution in [1.82, 2.24) is 9.97 Å². The molecule has 0 aliphatic heterocycles. The van der Waals surface area contributed by atoms with E-state index >= 15 is 0 Å². The molecule has 0 aliphatic rings. The van der Waals surface area contributed by atoms with Crippen LogP contribution in [0, 0.1) is 0 Å². The molecule has 0 amide bonds. The van der Waals surface area contributed by atoms with Gasteiger partial charge in [0.2, 0.25) is 0 Å². The first-order valence-corrected chi connectivity index (χ1v) is 7.33. The molecular formula is C14H11ClN2OS. The highest BCUT2D eigenvalue weighted by Gasteiger charge is 2.11. The Kier molecular flexibility index (Phi) is 3.36. The fourth-order valence-electron chi connectivity index (χ4n) is 2.00. The van der Waals surface area contributed by atoms with Gasteiger partial charge in [0.1, 0.15) is 10.5 Å². The van der Waals surface area contributed by atoms with Gasteiger partial charge in [0.05, 0.1) is 5.52 Å². The highest BCUT2D eigenvalue weighted by molar-refractivity contribution is 7.17. The molecule has 3 nitrogen and oxygen atoms in total. The Morgan fingerprint density at radius 2 is 2.05 bits per heavy atom. The first-order valence-electron chi connectivity index (χ1n) is 5.91. The number of alkyl halides is 1. The first-order chi connectivity index (χ1) is 9.29. The maximum atomic E-state index is 12.0. The van der Waals surface area contributed by atoms with Gasteiger partial charge in [-0.3, -0.25) is 4.79 Å². The molecule has 96 valence electrons. The highest BCUT2D eigenvalue weighted by atomic mass is 35.5. The van der Waals surface area contributed by atoms with Crippen molar-refractivity contribution in [2.75, 3.05) is 5.88 Å². The van der Waals surface area contributed by atoms with Crippen LogP contribution in [0.5, 0.6) is 0 Å². The second-order valence-electron chi connectivity index (χ2n) is 4.14. The summed E-state index contributed by atoms with van der Waals surface area (Å²) >= 11 is 7.13. The molecule has 1 aromatic carbocycles. The third-order valence-corrected chi connectivity index (χ3v) is 4.05. The molecule has 3 rings (SSSR count). The van der Waals surface area contributed by atoms with Crippen molar-refractivity contribution < 1.29 is 0 Å². The van der Waals surface area contributed by atoms with E-state index in [-0.39, 0.29) is 5.56 Å². The minimum absolute atomic E-state index is 0.0858. The highest BCUT2D eigenvalue weighted by Crippen LogP contribution is 2.30. The molecule has 0 saturated heterocycles. The lowest BCUT2D eigenvalue weighted by Crippen LogP contribution is -2.10. The Morgan fingerprint density at radius 1 is 1.26 bits per heavy atom. The van der Waals surface area contributed by atoms with Crippen LogP contribution in [0.25, 0.3) is 21.3 Å². The second-order valence-corrected chi connectivity index (χ2v) is 5.40. The standard InChI is InChI=1S/C14H11ClN2OS/c15-7-6-11-16-12-10(9-4-2-1-3-5-9)8-19-13(12)14(18)17-11/h1-5,8H,6-7H2,(H,16,17,18). The summed E-state index contributed by atoms with van der Waals surface area (Å²) in [4.78, 5) is 19.3. The Balaban J connectivity index is 2.24. The van der Waals surface area contributed by atoms with Crippen LogP contribution < -0.4 is 5.56 Å². The lowest BCUT2D eigenvalue weighted by molar-refractivity contribution is 0.952. The van der Waals surface area contributed by atoms with E-state index in [0.717, 1.165) is 16.6 Å². The minimum Gasteiger partial charge on any atom is -0.309 e. The predicted octanol–water partition coefficient (Wildman–Crippen LogP) is 3.43. The molecule has 2 heterocycles. The lowest BCUT2D eigenvalue weighted by Gasteiger charge is -2.01. The monoisotopic (exact) mass is 290 g/mol. The molecule has 0 bridgehead atoms. The van der Waals surface area contributed by atoms with Crippen molar-refractivity contribution in [1.29, 1.82) is 0 Å². The molecule has 0 unspecified atom stereocenters. The maximum Gasteiger partial charge on any atom is 0.268 e. The van der Waals surface area contributed by atoms with Gasteiger partial charge in [0, 0.05) is 23.2 Å². The molecule has 2 aromatic heterocycles. The number of H-pyrrole nitrogens is 1. The number of halogens is 1. The SMILES string of the molecule is O=c1[nH]c(CCCl)nc2c(-c3ccccc3)csc12. The van der Waals surface area contributed by atoms with E-state index < -0.39 is 0 Å². The molecule has 0 atom stereocenters. The molecule has 0 spiro atoms. The summed E-state index contributed by atoms with van der Waals surface area (Å²) in [5.74, 6) is 1.09. The molecule has 0 fully saturated rings. The zero-order chi connectivity index (χ0) is 13.2. The fourth-order valence-corrected chi connectivity index (χ4v) is 3.09. The quantitative estimate of drug-likeness (QED) is 0.751. The van der Waals surface area contributed by atoms with Crippen LogP contribution in [0.1, 0.15) is 5.82 Å². The van der Waals surface area contributed by atoms with Gasteiger partial charge in [-0.15, -0.1) is 22.9 Å². The second kappa shape index (κ2) is 5.15. The third-order valence-electron chi connectivity index (χ3n) is 2.89. The smallest absolute Gasteiger partial charge is 0.268 e. The summed E-state index contributed by atoms with van der Waals surface area (Å²) in [6, 6.07) is 9.96. The number of rotatable bonds is 3. The van der Waals surface area contributed by atoms with Crippen LogP contribution in [-0.4, -0.2) is 15.8 Å². The number of nitrogens with one attached hydrogen (secondary N) is 1. The molecule has 0 radical (unpaired) electrons. The van der Waals surface area contributed by atoms with Crippen LogP contribution in [0.2, 0.25) is 0 Å². The van der Waals surface area contributed by atoms with Crippen molar-refractivity contribution >= 4 is 33.2 Å². The summed E-state index contributed by atoms with van der Waals surface area (Å²) in [6.07, 6.45) is 0.566. The number of aryl methyl sites for hydroxylation is 1. The molecule has 0 aliphatic carbocycles. The van der Waals surface area contributed by atoms with Crippen LogP contribution >= 0.6 is 22.9 Å². The number of thiophene rings is 1. The largest absolute Gasteiger partial charge is 0.309 e. The van der Waals surface area contributed by atoms with E-state index in [1.807, 2.05) is 35.7 Å². The number of hydrogen-bond donors (Lipinski definition) is 1. The van der Waals surface area contributed by atoms with Crippen molar-refractivity contribution in [2.45, 2.75) is 6.42 Å². The van der Waals surface area contributed by atoms with Crippen molar-refractivity contribution in [3.63, 3.8) is 0 Å². The average molecular weight is 291 g/mol.